The van der Waals surface area contributed by atoms with Crippen molar-refractivity contribution < 1.29 is 5.11 Å². The number of nitrogens with one attached hydrogen (secondary N) is 1. The van der Waals surface area contributed by atoms with Gasteiger partial charge in [-0.1, -0.05) is 27.2 Å². The molecule has 0 radical (unpaired) electrons. The lowest BCUT2D eigenvalue weighted by atomic mass is 9.91. The van der Waals surface area contributed by atoms with E-state index in [1.165, 1.54) is 13.0 Å². The third-order valence-corrected chi connectivity index (χ3v) is 4.03. The largest absolute Gasteiger partial charge is 0.394 e. The summed E-state index contributed by atoms with van der Waals surface area (Å²) in [6, 6.07) is 0. The van der Waals surface area contributed by atoms with Crippen LogP contribution < -0.4 is 5.32 Å². The summed E-state index contributed by atoms with van der Waals surface area (Å²) < 4.78 is 0. The van der Waals surface area contributed by atoms with E-state index >= 15 is 0 Å². The van der Waals surface area contributed by atoms with Crippen molar-refractivity contribution in [1.82, 2.24) is 10.2 Å². The molecule has 0 aliphatic heterocycles. The number of aliphatic hydroxyl groups is 1. The van der Waals surface area contributed by atoms with E-state index in [1.54, 1.807) is 0 Å². The van der Waals surface area contributed by atoms with E-state index in [0.717, 1.165) is 31.7 Å². The first kappa shape index (κ1) is 16.9. The van der Waals surface area contributed by atoms with Crippen LogP contribution in [-0.4, -0.2) is 49.3 Å². The number of likely N-dealkylation sites (N-methyl/N-ethyl adjacent to an activating group) is 1. The van der Waals surface area contributed by atoms with Gasteiger partial charge in [-0.05, 0) is 45.8 Å². The topological polar surface area (TPSA) is 35.5 Å². The second-order valence-corrected chi connectivity index (χ2v) is 5.42. The fourth-order valence-electron chi connectivity index (χ4n) is 2.19. The molecule has 0 aromatic carbocycles. The molecule has 0 rings (SSSR count). The van der Waals surface area contributed by atoms with Crippen LogP contribution in [0.2, 0.25) is 0 Å². The molecule has 3 heteroatoms. The summed E-state index contributed by atoms with van der Waals surface area (Å²) in [5.74, 6) is 0.776. The van der Waals surface area contributed by atoms with Gasteiger partial charge < -0.3 is 15.3 Å². The van der Waals surface area contributed by atoms with E-state index in [4.69, 9.17) is 0 Å². The average molecular weight is 244 g/mol. The Kier molecular flexibility index (Phi) is 8.83. The highest BCUT2D eigenvalue weighted by Crippen LogP contribution is 2.16. The second kappa shape index (κ2) is 8.90. The number of nitrogens with zero attached hydrogens (tertiary/aromatic N) is 1. The van der Waals surface area contributed by atoms with Gasteiger partial charge in [0.25, 0.3) is 0 Å². The van der Waals surface area contributed by atoms with E-state index in [9.17, 15) is 5.11 Å². The molecule has 104 valence electrons. The van der Waals surface area contributed by atoms with Crippen molar-refractivity contribution in [1.29, 1.82) is 0 Å². The van der Waals surface area contributed by atoms with Crippen LogP contribution >= 0.6 is 0 Å². The minimum absolute atomic E-state index is 0.0722. The van der Waals surface area contributed by atoms with Gasteiger partial charge in [-0.3, -0.25) is 0 Å². The third kappa shape index (κ3) is 6.39. The van der Waals surface area contributed by atoms with Gasteiger partial charge in [0, 0.05) is 12.1 Å². The van der Waals surface area contributed by atoms with Crippen molar-refractivity contribution in [3.63, 3.8) is 0 Å². The highest BCUT2D eigenvalue weighted by molar-refractivity contribution is 4.84. The normalized spacial score (nSPS) is 17.1. The number of hydrogen-bond donors (Lipinski definition) is 2. The smallest absolute Gasteiger partial charge is 0.0613 e. The van der Waals surface area contributed by atoms with E-state index in [2.05, 4.69) is 38.0 Å². The maximum atomic E-state index is 9.45. The van der Waals surface area contributed by atoms with Gasteiger partial charge in [0.1, 0.15) is 0 Å². The van der Waals surface area contributed by atoms with Crippen molar-refractivity contribution in [3.05, 3.63) is 0 Å². The molecule has 0 aromatic heterocycles. The molecule has 2 unspecified atom stereocenters. The molecule has 17 heavy (non-hydrogen) atoms. The van der Waals surface area contributed by atoms with Crippen LogP contribution in [-0.2, 0) is 0 Å². The maximum Gasteiger partial charge on any atom is 0.0613 e. The van der Waals surface area contributed by atoms with Gasteiger partial charge in [-0.2, -0.15) is 0 Å². The summed E-state index contributed by atoms with van der Waals surface area (Å²) >= 11 is 0. The average Bonchev–Trinajstić information content (AvgIpc) is 2.35. The molecule has 0 aliphatic carbocycles. The Labute approximate surface area is 108 Å². The Hall–Kier alpha value is -0.120. The fourth-order valence-corrected chi connectivity index (χ4v) is 2.19. The number of rotatable bonds is 10. The van der Waals surface area contributed by atoms with E-state index in [0.29, 0.717) is 0 Å². The standard InChI is InChI=1S/C14H32N2O/c1-6-13(3)11-16(5)10-8-9-14(7-2,12-17)15-4/h13,15,17H,6-12H2,1-5H3. The molecule has 3 nitrogen and oxygen atoms in total. The zero-order valence-corrected chi connectivity index (χ0v) is 12.4. The quantitative estimate of drug-likeness (QED) is 0.618. The third-order valence-electron chi connectivity index (χ3n) is 4.03. The van der Waals surface area contributed by atoms with E-state index in [-0.39, 0.29) is 12.1 Å². The van der Waals surface area contributed by atoms with Crippen molar-refractivity contribution in [2.24, 2.45) is 5.92 Å². The van der Waals surface area contributed by atoms with Gasteiger partial charge in [-0.25, -0.2) is 0 Å². The Balaban J connectivity index is 3.88. The van der Waals surface area contributed by atoms with E-state index < -0.39 is 0 Å². The highest BCUT2D eigenvalue weighted by atomic mass is 16.3. The lowest BCUT2D eigenvalue weighted by molar-refractivity contribution is 0.146. The SMILES string of the molecule is CCC(C)CN(C)CCCC(CC)(CO)NC. The van der Waals surface area contributed by atoms with Crippen LogP contribution in [0.4, 0.5) is 0 Å². The molecule has 0 saturated carbocycles. The van der Waals surface area contributed by atoms with Crippen molar-refractivity contribution >= 4 is 0 Å². The second-order valence-electron chi connectivity index (χ2n) is 5.42. The molecule has 0 aromatic rings. The molecule has 2 N–H and O–H groups in total. The molecule has 0 heterocycles. The summed E-state index contributed by atoms with van der Waals surface area (Å²) in [7, 11) is 4.14. The molecule has 0 saturated heterocycles. The lowest BCUT2D eigenvalue weighted by Crippen LogP contribution is -2.46. The van der Waals surface area contributed by atoms with Crippen LogP contribution in [0.3, 0.4) is 0 Å². The lowest BCUT2D eigenvalue weighted by Gasteiger charge is -2.31. The van der Waals surface area contributed by atoms with Crippen LogP contribution in [0.15, 0.2) is 0 Å². The van der Waals surface area contributed by atoms with Gasteiger partial charge in [-0.15, -0.1) is 0 Å². The van der Waals surface area contributed by atoms with Crippen LogP contribution in [0, 0.1) is 5.92 Å². The molecule has 0 amide bonds. The Morgan fingerprint density at radius 1 is 1.35 bits per heavy atom. The number of aliphatic hydroxyl groups excluding tert-OH is 1. The van der Waals surface area contributed by atoms with Crippen molar-refractivity contribution in [3.8, 4) is 0 Å². The Morgan fingerprint density at radius 3 is 2.41 bits per heavy atom. The molecular weight excluding hydrogens is 212 g/mol. The van der Waals surface area contributed by atoms with Crippen LogP contribution in [0.25, 0.3) is 0 Å². The summed E-state index contributed by atoms with van der Waals surface area (Å²) in [4.78, 5) is 2.40. The monoisotopic (exact) mass is 244 g/mol. The van der Waals surface area contributed by atoms with E-state index in [1.807, 2.05) is 7.05 Å². The molecule has 0 fully saturated rings. The zero-order chi connectivity index (χ0) is 13.3. The van der Waals surface area contributed by atoms with Crippen LogP contribution in [0.1, 0.15) is 46.5 Å². The van der Waals surface area contributed by atoms with Gasteiger partial charge in [0.05, 0.1) is 6.61 Å². The summed E-state index contributed by atoms with van der Waals surface area (Å²) in [5, 5.41) is 12.7. The Morgan fingerprint density at radius 2 is 2.00 bits per heavy atom. The first-order valence-corrected chi connectivity index (χ1v) is 7.01. The molecule has 0 bridgehead atoms. The highest BCUT2D eigenvalue weighted by Gasteiger charge is 2.24. The fraction of sp³-hybridized carbons (Fsp3) is 1.00. The minimum atomic E-state index is -0.0722. The van der Waals surface area contributed by atoms with Crippen molar-refractivity contribution in [2.45, 2.75) is 52.0 Å². The van der Waals surface area contributed by atoms with Crippen LogP contribution in [0.5, 0.6) is 0 Å². The molecule has 0 spiro atoms. The molecule has 0 aliphatic rings. The maximum absolute atomic E-state index is 9.45. The minimum Gasteiger partial charge on any atom is -0.394 e. The Bertz CT molecular complexity index is 173. The molecular formula is C14H32N2O. The summed E-state index contributed by atoms with van der Waals surface area (Å²) in [6.45, 7) is 9.20. The predicted molar refractivity (Wildman–Crippen MR) is 75.4 cm³/mol. The summed E-state index contributed by atoms with van der Waals surface area (Å²) in [6.07, 6.45) is 4.41. The zero-order valence-electron chi connectivity index (χ0n) is 12.4. The van der Waals surface area contributed by atoms with Gasteiger partial charge >= 0.3 is 0 Å². The first-order chi connectivity index (χ1) is 8.03. The van der Waals surface area contributed by atoms with Gasteiger partial charge in [0.2, 0.25) is 0 Å². The van der Waals surface area contributed by atoms with Crippen molar-refractivity contribution in [2.75, 3.05) is 33.8 Å². The first-order valence-electron chi connectivity index (χ1n) is 7.01. The van der Waals surface area contributed by atoms with Gasteiger partial charge in [0.15, 0.2) is 0 Å². The molecule has 2 atom stereocenters. The predicted octanol–water partition coefficient (Wildman–Crippen LogP) is 2.10. The summed E-state index contributed by atoms with van der Waals surface area (Å²) in [5.41, 5.74) is -0.0722. The number of hydrogen-bond acceptors (Lipinski definition) is 3.